The number of anilines is 3. The van der Waals surface area contributed by atoms with Gasteiger partial charge in [0.15, 0.2) is 0 Å². The number of pyridine rings is 1. The highest BCUT2D eigenvalue weighted by Crippen LogP contribution is 2.41. The average molecular weight is 364 g/mol. The van der Waals surface area contributed by atoms with Gasteiger partial charge in [-0.15, -0.1) is 5.10 Å². The van der Waals surface area contributed by atoms with Crippen LogP contribution in [0.1, 0.15) is 30.9 Å². The Hall–Kier alpha value is -2.96. The van der Waals surface area contributed by atoms with Gasteiger partial charge in [0, 0.05) is 29.9 Å². The summed E-state index contributed by atoms with van der Waals surface area (Å²) >= 11 is 0. The van der Waals surface area contributed by atoms with Gasteiger partial charge < -0.3 is 10.2 Å². The Morgan fingerprint density at radius 1 is 1.07 bits per heavy atom. The molecule has 3 heterocycles. The van der Waals surface area contributed by atoms with Crippen molar-refractivity contribution in [3.8, 4) is 5.69 Å². The highest BCUT2D eigenvalue weighted by molar-refractivity contribution is 5.61. The molecule has 0 amide bonds. The lowest BCUT2D eigenvalue weighted by atomic mass is 10.2. The van der Waals surface area contributed by atoms with Gasteiger partial charge >= 0.3 is 0 Å². The summed E-state index contributed by atoms with van der Waals surface area (Å²) in [6.45, 7) is 1.13. The van der Waals surface area contributed by atoms with Crippen molar-refractivity contribution in [2.45, 2.75) is 31.4 Å². The van der Waals surface area contributed by atoms with Gasteiger partial charge in [-0.05, 0) is 37.5 Å². The molecule has 2 fully saturated rings. The third kappa shape index (κ3) is 3.49. The van der Waals surface area contributed by atoms with E-state index in [1.807, 2.05) is 41.3 Å². The van der Waals surface area contributed by atoms with Gasteiger partial charge in [-0.2, -0.15) is 4.98 Å². The fourth-order valence-corrected chi connectivity index (χ4v) is 3.44. The van der Waals surface area contributed by atoms with Crippen LogP contribution in [0.3, 0.4) is 0 Å². The predicted octanol–water partition coefficient (Wildman–Crippen LogP) is 3.83. The molecule has 138 valence electrons. The zero-order chi connectivity index (χ0) is 18.2. The lowest BCUT2D eigenvalue weighted by Gasteiger charge is -2.18. The normalized spacial score (nSPS) is 19.4. The molecule has 0 unspecified atom stereocenters. The van der Waals surface area contributed by atoms with Crippen molar-refractivity contribution in [3.63, 3.8) is 0 Å². The number of nitrogens with one attached hydrogen (secondary N) is 1. The third-order valence-corrected chi connectivity index (χ3v) is 5.05. The van der Waals surface area contributed by atoms with Crippen molar-refractivity contribution < 1.29 is 4.39 Å². The van der Waals surface area contributed by atoms with Crippen molar-refractivity contribution in [2.75, 3.05) is 23.3 Å². The first-order valence-electron chi connectivity index (χ1n) is 9.40. The van der Waals surface area contributed by atoms with Crippen LogP contribution in [-0.2, 0) is 0 Å². The molecule has 1 aliphatic carbocycles. The van der Waals surface area contributed by atoms with E-state index in [9.17, 15) is 4.39 Å². The van der Waals surface area contributed by atoms with Gasteiger partial charge in [-0.25, -0.2) is 14.1 Å². The van der Waals surface area contributed by atoms with E-state index in [2.05, 4.69) is 21.5 Å². The van der Waals surface area contributed by atoms with Crippen molar-refractivity contribution >= 4 is 17.5 Å². The van der Waals surface area contributed by atoms with E-state index in [-0.39, 0.29) is 0 Å². The molecule has 1 saturated heterocycles. The van der Waals surface area contributed by atoms with E-state index in [4.69, 9.17) is 4.98 Å². The minimum Gasteiger partial charge on any atom is -0.354 e. The lowest BCUT2D eigenvalue weighted by molar-refractivity contribution is 0.364. The molecule has 0 spiro atoms. The van der Waals surface area contributed by atoms with E-state index >= 15 is 0 Å². The smallest absolute Gasteiger partial charge is 0.246 e. The number of benzene rings is 1. The summed E-state index contributed by atoms with van der Waals surface area (Å²) in [7, 11) is 0. The van der Waals surface area contributed by atoms with E-state index in [0.29, 0.717) is 31.4 Å². The summed E-state index contributed by atoms with van der Waals surface area (Å²) in [4.78, 5) is 11.2. The number of halogens is 1. The molecule has 1 saturated carbocycles. The van der Waals surface area contributed by atoms with Crippen LogP contribution in [0.25, 0.3) is 5.69 Å². The molecule has 2 aliphatic rings. The SMILES string of the molecule is F[C@H]1CCN(c2cc(Nc3ncn(-c4ccccc4)n3)cc(C3CC3)n2)C1. The van der Waals surface area contributed by atoms with Crippen LogP contribution in [0, 0.1) is 0 Å². The van der Waals surface area contributed by atoms with Gasteiger partial charge in [-0.3, -0.25) is 0 Å². The summed E-state index contributed by atoms with van der Waals surface area (Å²) in [6, 6.07) is 13.9. The second-order valence-corrected chi connectivity index (χ2v) is 7.22. The second kappa shape index (κ2) is 6.64. The van der Waals surface area contributed by atoms with Crippen molar-refractivity contribution in [1.82, 2.24) is 19.7 Å². The van der Waals surface area contributed by atoms with E-state index in [1.54, 1.807) is 11.0 Å². The molecule has 1 N–H and O–H groups in total. The zero-order valence-electron chi connectivity index (χ0n) is 14.9. The molecule has 1 aliphatic heterocycles. The highest BCUT2D eigenvalue weighted by atomic mass is 19.1. The van der Waals surface area contributed by atoms with Crippen molar-refractivity contribution in [3.05, 3.63) is 54.5 Å². The summed E-state index contributed by atoms with van der Waals surface area (Å²) in [6.07, 6.45) is 3.83. The summed E-state index contributed by atoms with van der Waals surface area (Å²) < 4.78 is 15.4. The van der Waals surface area contributed by atoms with Crippen molar-refractivity contribution in [1.29, 1.82) is 0 Å². The Balaban J connectivity index is 1.41. The van der Waals surface area contributed by atoms with Gasteiger partial charge in [0.25, 0.3) is 0 Å². The Kier molecular flexibility index (Phi) is 3.99. The molecule has 2 aromatic heterocycles. The third-order valence-electron chi connectivity index (χ3n) is 5.05. The first-order valence-corrected chi connectivity index (χ1v) is 9.40. The number of para-hydroxylation sites is 1. The Bertz CT molecular complexity index is 937. The molecule has 5 rings (SSSR count). The molecule has 6 nitrogen and oxygen atoms in total. The molecule has 3 aromatic rings. The molecule has 0 radical (unpaired) electrons. The van der Waals surface area contributed by atoms with Gasteiger partial charge in [0.1, 0.15) is 18.3 Å². The Labute approximate surface area is 157 Å². The molecule has 1 atom stereocenters. The first-order chi connectivity index (χ1) is 13.2. The number of hydrogen-bond donors (Lipinski definition) is 1. The maximum Gasteiger partial charge on any atom is 0.246 e. The Morgan fingerprint density at radius 2 is 1.93 bits per heavy atom. The quantitative estimate of drug-likeness (QED) is 0.746. The van der Waals surface area contributed by atoms with Crippen LogP contribution in [0.5, 0.6) is 0 Å². The maximum atomic E-state index is 13.6. The predicted molar refractivity (Wildman–Crippen MR) is 103 cm³/mol. The van der Waals surface area contributed by atoms with Crippen LogP contribution < -0.4 is 10.2 Å². The largest absolute Gasteiger partial charge is 0.354 e. The molecule has 1 aromatic carbocycles. The average Bonchev–Trinajstić information content (AvgIpc) is 3.30. The van der Waals surface area contributed by atoms with Gasteiger partial charge in [0.2, 0.25) is 5.95 Å². The monoisotopic (exact) mass is 364 g/mol. The zero-order valence-corrected chi connectivity index (χ0v) is 14.9. The van der Waals surface area contributed by atoms with E-state index in [1.165, 1.54) is 12.8 Å². The van der Waals surface area contributed by atoms with E-state index in [0.717, 1.165) is 22.9 Å². The lowest BCUT2D eigenvalue weighted by Crippen LogP contribution is -2.21. The minimum absolute atomic E-state index is 0.418. The standard InChI is InChI=1S/C20H21FN6/c21-15-8-9-26(12-15)19-11-16(10-18(24-19)14-6-7-14)23-20-22-13-27(25-20)17-4-2-1-3-5-17/h1-5,10-11,13-15H,6-9,12H2,(H,23,24,25)/t15-/m0/s1. The summed E-state index contributed by atoms with van der Waals surface area (Å²) in [5.41, 5.74) is 2.92. The minimum atomic E-state index is -0.768. The van der Waals surface area contributed by atoms with Gasteiger partial charge in [0.05, 0.1) is 12.2 Å². The highest BCUT2D eigenvalue weighted by Gasteiger charge is 2.28. The number of nitrogens with zero attached hydrogens (tertiary/aromatic N) is 5. The second-order valence-electron chi connectivity index (χ2n) is 7.22. The van der Waals surface area contributed by atoms with Crippen LogP contribution in [0.4, 0.5) is 21.8 Å². The van der Waals surface area contributed by atoms with Crippen molar-refractivity contribution in [2.24, 2.45) is 0 Å². The summed E-state index contributed by atoms with van der Waals surface area (Å²) in [5, 5.41) is 7.79. The molecule has 0 bridgehead atoms. The number of aromatic nitrogens is 4. The van der Waals surface area contributed by atoms with Crippen LogP contribution in [0.2, 0.25) is 0 Å². The van der Waals surface area contributed by atoms with E-state index < -0.39 is 6.17 Å². The number of hydrogen-bond acceptors (Lipinski definition) is 5. The van der Waals surface area contributed by atoms with Crippen LogP contribution in [-0.4, -0.2) is 39.0 Å². The fourth-order valence-electron chi connectivity index (χ4n) is 3.44. The van der Waals surface area contributed by atoms with Crippen LogP contribution in [0.15, 0.2) is 48.8 Å². The number of alkyl halides is 1. The summed E-state index contributed by atoms with van der Waals surface area (Å²) in [5.74, 6) is 1.89. The maximum absolute atomic E-state index is 13.6. The van der Waals surface area contributed by atoms with Gasteiger partial charge in [-0.1, -0.05) is 18.2 Å². The Morgan fingerprint density at radius 3 is 2.67 bits per heavy atom. The molecular formula is C20H21FN6. The molecule has 7 heteroatoms. The number of rotatable bonds is 5. The topological polar surface area (TPSA) is 58.9 Å². The fraction of sp³-hybridized carbons (Fsp3) is 0.350. The molecular weight excluding hydrogens is 343 g/mol. The van der Waals surface area contributed by atoms with Crippen LogP contribution >= 0.6 is 0 Å². The molecule has 27 heavy (non-hydrogen) atoms. The first kappa shape index (κ1) is 16.2.